The molecule has 2 aliphatic rings. The fourth-order valence-electron chi connectivity index (χ4n) is 5.53. The molecule has 1 aromatic heterocycles. The SMILES string of the molecule is Cc1cc(F)cc(C)c1Oc1ccc(C(C)(C)O)cc1-c1cn(C)c(=O)cc1O[C@H]1C[C@@H](C(=O)N2CCCC2)C1. The van der Waals surface area contributed by atoms with Crippen molar-refractivity contribution in [2.24, 2.45) is 13.0 Å². The summed E-state index contributed by atoms with van der Waals surface area (Å²) in [5.41, 5.74) is 1.84. The molecule has 3 aromatic rings. The van der Waals surface area contributed by atoms with Crippen LogP contribution in [0.3, 0.4) is 0 Å². The summed E-state index contributed by atoms with van der Waals surface area (Å²) in [6.07, 6.45) is 4.83. The zero-order valence-electron chi connectivity index (χ0n) is 23.8. The van der Waals surface area contributed by atoms with Gasteiger partial charge in [0.2, 0.25) is 5.91 Å². The van der Waals surface area contributed by atoms with E-state index in [2.05, 4.69) is 0 Å². The number of likely N-dealkylation sites (tertiary alicyclic amines) is 1. The summed E-state index contributed by atoms with van der Waals surface area (Å²) in [7, 11) is 1.67. The first kappa shape index (κ1) is 27.9. The number of hydrogen-bond donors (Lipinski definition) is 1. The van der Waals surface area contributed by atoms with E-state index in [0.717, 1.165) is 25.9 Å². The Labute approximate surface area is 234 Å². The number of ether oxygens (including phenoxy) is 2. The lowest BCUT2D eigenvalue weighted by Crippen LogP contribution is -2.44. The molecule has 0 bridgehead atoms. The summed E-state index contributed by atoms with van der Waals surface area (Å²) in [6, 6.07) is 9.69. The van der Waals surface area contributed by atoms with Crippen LogP contribution in [-0.4, -0.2) is 39.7 Å². The lowest BCUT2D eigenvalue weighted by Gasteiger charge is -2.37. The van der Waals surface area contributed by atoms with Crippen molar-refractivity contribution in [1.29, 1.82) is 0 Å². The minimum absolute atomic E-state index is 0.0556. The smallest absolute Gasteiger partial charge is 0.254 e. The highest BCUT2D eigenvalue weighted by Gasteiger charge is 2.39. The van der Waals surface area contributed by atoms with Crippen molar-refractivity contribution in [1.82, 2.24) is 9.47 Å². The van der Waals surface area contributed by atoms with Crippen molar-refractivity contribution in [2.45, 2.75) is 65.1 Å². The van der Waals surface area contributed by atoms with E-state index >= 15 is 0 Å². The Bertz CT molecular complexity index is 1470. The fourth-order valence-corrected chi connectivity index (χ4v) is 5.53. The maximum atomic E-state index is 14.0. The van der Waals surface area contributed by atoms with Crippen molar-refractivity contribution < 1.29 is 23.8 Å². The first-order valence-corrected chi connectivity index (χ1v) is 13.9. The van der Waals surface area contributed by atoms with Gasteiger partial charge in [-0.25, -0.2) is 4.39 Å². The van der Waals surface area contributed by atoms with Gasteiger partial charge in [0.05, 0.1) is 5.60 Å². The lowest BCUT2D eigenvalue weighted by molar-refractivity contribution is -0.140. The van der Waals surface area contributed by atoms with Gasteiger partial charge < -0.3 is 24.0 Å². The van der Waals surface area contributed by atoms with Crippen LogP contribution < -0.4 is 15.0 Å². The van der Waals surface area contributed by atoms with Crippen LogP contribution in [0.2, 0.25) is 0 Å². The number of benzene rings is 2. The molecule has 212 valence electrons. The number of aliphatic hydroxyl groups is 1. The Balaban J connectivity index is 1.51. The predicted molar refractivity (Wildman–Crippen MR) is 151 cm³/mol. The zero-order valence-corrected chi connectivity index (χ0v) is 23.8. The molecule has 40 heavy (non-hydrogen) atoms. The maximum absolute atomic E-state index is 14.0. The van der Waals surface area contributed by atoms with E-state index in [1.807, 2.05) is 11.0 Å². The second kappa shape index (κ2) is 10.7. The second-order valence-electron chi connectivity index (χ2n) is 11.7. The van der Waals surface area contributed by atoms with Gasteiger partial charge in [0, 0.05) is 49.4 Å². The van der Waals surface area contributed by atoms with E-state index in [4.69, 9.17) is 9.47 Å². The summed E-state index contributed by atoms with van der Waals surface area (Å²) < 4.78 is 28.2. The van der Waals surface area contributed by atoms with Gasteiger partial charge in [-0.2, -0.15) is 0 Å². The Kier molecular flexibility index (Phi) is 7.48. The molecule has 0 atom stereocenters. The van der Waals surface area contributed by atoms with Gasteiger partial charge in [-0.05, 0) is 94.3 Å². The van der Waals surface area contributed by atoms with Crippen molar-refractivity contribution in [3.05, 3.63) is 75.5 Å². The Morgan fingerprint density at radius 2 is 1.65 bits per heavy atom. The summed E-state index contributed by atoms with van der Waals surface area (Å²) >= 11 is 0. The van der Waals surface area contributed by atoms with Gasteiger partial charge >= 0.3 is 0 Å². The van der Waals surface area contributed by atoms with Crippen molar-refractivity contribution >= 4 is 5.91 Å². The predicted octanol–water partition coefficient (Wildman–Crippen LogP) is 5.61. The molecule has 1 saturated heterocycles. The highest BCUT2D eigenvalue weighted by Crippen LogP contribution is 2.43. The zero-order chi connectivity index (χ0) is 28.8. The third-order valence-corrected chi connectivity index (χ3v) is 7.96. The number of hydrogen-bond acceptors (Lipinski definition) is 5. The van der Waals surface area contributed by atoms with E-state index in [1.54, 1.807) is 53.1 Å². The van der Waals surface area contributed by atoms with Crippen LogP contribution in [-0.2, 0) is 17.4 Å². The second-order valence-corrected chi connectivity index (χ2v) is 11.7. The highest BCUT2D eigenvalue weighted by molar-refractivity contribution is 5.80. The molecule has 0 unspecified atom stereocenters. The van der Waals surface area contributed by atoms with Crippen LogP contribution in [0.25, 0.3) is 11.1 Å². The number of rotatable bonds is 7. The van der Waals surface area contributed by atoms with E-state index in [-0.39, 0.29) is 29.3 Å². The largest absolute Gasteiger partial charge is 0.489 e. The summed E-state index contributed by atoms with van der Waals surface area (Å²) in [4.78, 5) is 27.4. The monoisotopic (exact) mass is 548 g/mol. The molecule has 7 nitrogen and oxygen atoms in total. The topological polar surface area (TPSA) is 81.0 Å². The quantitative estimate of drug-likeness (QED) is 0.415. The Hall–Kier alpha value is -3.65. The van der Waals surface area contributed by atoms with Crippen LogP contribution in [0.4, 0.5) is 4.39 Å². The average molecular weight is 549 g/mol. The molecule has 1 saturated carbocycles. The number of nitrogens with zero attached hydrogens (tertiary/aromatic N) is 2. The minimum Gasteiger partial charge on any atom is -0.489 e. The molecule has 5 rings (SSSR count). The highest BCUT2D eigenvalue weighted by atomic mass is 19.1. The number of halogens is 1. The lowest BCUT2D eigenvalue weighted by atomic mass is 9.81. The molecule has 1 aliphatic heterocycles. The first-order valence-electron chi connectivity index (χ1n) is 13.9. The van der Waals surface area contributed by atoms with Gasteiger partial charge in [-0.3, -0.25) is 9.59 Å². The molecule has 0 radical (unpaired) electrons. The number of aryl methyl sites for hydroxylation is 3. The van der Waals surface area contributed by atoms with Crippen LogP contribution in [0.5, 0.6) is 17.2 Å². The number of pyridine rings is 1. The van der Waals surface area contributed by atoms with Gasteiger partial charge in [0.25, 0.3) is 5.56 Å². The van der Waals surface area contributed by atoms with E-state index in [1.165, 1.54) is 22.8 Å². The van der Waals surface area contributed by atoms with Crippen LogP contribution >= 0.6 is 0 Å². The van der Waals surface area contributed by atoms with Crippen molar-refractivity contribution in [2.75, 3.05) is 13.1 Å². The number of amides is 1. The number of carbonyl (C=O) groups excluding carboxylic acids is 1. The third kappa shape index (κ3) is 5.63. The normalized spacial score (nSPS) is 18.9. The molecule has 1 amide bonds. The van der Waals surface area contributed by atoms with Gasteiger partial charge in [0.15, 0.2) is 0 Å². The van der Waals surface area contributed by atoms with Crippen LogP contribution in [0.1, 0.15) is 56.2 Å². The van der Waals surface area contributed by atoms with E-state index in [9.17, 15) is 19.1 Å². The summed E-state index contributed by atoms with van der Waals surface area (Å²) in [6.45, 7) is 8.62. The molecule has 1 N–H and O–H groups in total. The molecular weight excluding hydrogens is 511 g/mol. The minimum atomic E-state index is -1.13. The Morgan fingerprint density at radius 1 is 1.00 bits per heavy atom. The molecule has 2 aromatic carbocycles. The van der Waals surface area contributed by atoms with E-state index in [0.29, 0.717) is 57.9 Å². The fraction of sp³-hybridized carbons (Fsp3) is 0.438. The number of carbonyl (C=O) groups is 1. The van der Waals surface area contributed by atoms with Crippen molar-refractivity contribution in [3.8, 4) is 28.4 Å². The average Bonchev–Trinajstić information content (AvgIpc) is 3.39. The van der Waals surface area contributed by atoms with Crippen LogP contribution in [0.15, 0.2) is 47.4 Å². The van der Waals surface area contributed by atoms with Crippen LogP contribution in [0, 0.1) is 25.6 Å². The number of aromatic nitrogens is 1. The molecular formula is C32H37FN2O5. The maximum Gasteiger partial charge on any atom is 0.254 e. The Morgan fingerprint density at radius 3 is 2.27 bits per heavy atom. The molecule has 8 heteroatoms. The summed E-state index contributed by atoms with van der Waals surface area (Å²) in [5, 5.41) is 10.8. The first-order chi connectivity index (χ1) is 18.9. The third-order valence-electron chi connectivity index (χ3n) is 7.96. The van der Waals surface area contributed by atoms with Gasteiger partial charge in [-0.1, -0.05) is 6.07 Å². The molecule has 1 aliphatic carbocycles. The van der Waals surface area contributed by atoms with E-state index < -0.39 is 5.60 Å². The molecule has 0 spiro atoms. The van der Waals surface area contributed by atoms with Gasteiger partial charge in [0.1, 0.15) is 29.2 Å². The van der Waals surface area contributed by atoms with Crippen molar-refractivity contribution in [3.63, 3.8) is 0 Å². The van der Waals surface area contributed by atoms with Gasteiger partial charge in [-0.15, -0.1) is 0 Å². The molecule has 2 fully saturated rings. The molecule has 2 heterocycles. The standard InChI is InChI=1S/C32H37FN2O5/c1-19-12-23(33)13-20(2)30(19)40-27-9-8-22(32(3,4)38)16-25(27)26-18-34(5)29(36)17-28(26)39-24-14-21(15-24)31(37)35-10-6-7-11-35/h8-9,12-13,16-18,21,24,38H,6-7,10-11,14-15H2,1-5H3/t21-,24+. The summed E-state index contributed by atoms with van der Waals surface area (Å²) in [5.74, 6) is 1.21.